The van der Waals surface area contributed by atoms with Crippen molar-refractivity contribution < 1.29 is 13.7 Å². The highest BCUT2D eigenvalue weighted by molar-refractivity contribution is 5.77. The molecule has 7 heteroatoms. The molecule has 2 aromatic rings. The van der Waals surface area contributed by atoms with E-state index in [1.165, 1.54) is 12.8 Å². The van der Waals surface area contributed by atoms with E-state index in [9.17, 15) is 4.79 Å². The molecule has 0 spiro atoms. The zero-order valence-corrected chi connectivity index (χ0v) is 12.6. The van der Waals surface area contributed by atoms with Crippen molar-refractivity contribution in [3.63, 3.8) is 0 Å². The highest BCUT2D eigenvalue weighted by Gasteiger charge is 2.26. The minimum Gasteiger partial charge on any atom is -0.468 e. The second kappa shape index (κ2) is 6.74. The molecule has 1 amide bonds. The van der Waals surface area contributed by atoms with Crippen LogP contribution < -0.4 is 5.32 Å². The highest BCUT2D eigenvalue weighted by Crippen LogP contribution is 2.24. The molecule has 1 fully saturated rings. The van der Waals surface area contributed by atoms with Gasteiger partial charge in [0.05, 0.1) is 18.7 Å². The molecule has 1 atom stereocenters. The summed E-state index contributed by atoms with van der Waals surface area (Å²) in [5.41, 5.74) is 0. The Labute approximate surface area is 128 Å². The summed E-state index contributed by atoms with van der Waals surface area (Å²) in [6.45, 7) is 4.29. The third-order valence-corrected chi connectivity index (χ3v) is 3.83. The molecule has 3 heterocycles. The maximum atomic E-state index is 12.0. The summed E-state index contributed by atoms with van der Waals surface area (Å²) in [5.74, 6) is 1.65. The molecule has 3 rings (SSSR count). The van der Waals surface area contributed by atoms with E-state index in [0.717, 1.165) is 18.8 Å². The molecule has 0 radical (unpaired) electrons. The standard InChI is InChI=1S/C15H20N4O3/c1-11-17-14(18-22-11)9-15(20)16-10-12(13-5-4-8-21-13)19-6-2-3-7-19/h4-5,8,12H,2-3,6-7,9-10H2,1H3,(H,16,20). The lowest BCUT2D eigenvalue weighted by Gasteiger charge is -2.25. The minimum atomic E-state index is -0.114. The van der Waals surface area contributed by atoms with Gasteiger partial charge in [-0.15, -0.1) is 0 Å². The van der Waals surface area contributed by atoms with Gasteiger partial charge in [-0.05, 0) is 38.1 Å². The predicted molar refractivity (Wildman–Crippen MR) is 78.0 cm³/mol. The molecule has 7 nitrogen and oxygen atoms in total. The van der Waals surface area contributed by atoms with Gasteiger partial charge in [0.1, 0.15) is 5.76 Å². The average molecular weight is 304 g/mol. The monoisotopic (exact) mass is 304 g/mol. The fourth-order valence-electron chi connectivity index (χ4n) is 2.77. The second-order valence-electron chi connectivity index (χ2n) is 5.48. The van der Waals surface area contributed by atoms with Crippen molar-refractivity contribution in [3.05, 3.63) is 35.9 Å². The summed E-state index contributed by atoms with van der Waals surface area (Å²) in [7, 11) is 0. The van der Waals surface area contributed by atoms with Crippen molar-refractivity contribution in [2.45, 2.75) is 32.2 Å². The zero-order chi connectivity index (χ0) is 15.4. The average Bonchev–Trinajstić information content (AvgIpc) is 3.22. The van der Waals surface area contributed by atoms with E-state index in [2.05, 4.69) is 20.4 Å². The number of carbonyl (C=O) groups excluding carboxylic acids is 1. The van der Waals surface area contributed by atoms with Crippen LogP contribution in [0.5, 0.6) is 0 Å². The van der Waals surface area contributed by atoms with Crippen molar-refractivity contribution in [1.82, 2.24) is 20.4 Å². The fourth-order valence-corrected chi connectivity index (χ4v) is 2.77. The quantitative estimate of drug-likeness (QED) is 0.870. The van der Waals surface area contributed by atoms with Crippen molar-refractivity contribution in [2.24, 2.45) is 0 Å². The summed E-state index contributed by atoms with van der Waals surface area (Å²) in [6.07, 6.45) is 4.17. The third-order valence-electron chi connectivity index (χ3n) is 3.83. The first-order valence-corrected chi connectivity index (χ1v) is 7.56. The Bertz CT molecular complexity index is 602. The van der Waals surface area contributed by atoms with Crippen molar-refractivity contribution in [2.75, 3.05) is 19.6 Å². The lowest BCUT2D eigenvalue weighted by Crippen LogP contribution is -2.37. The zero-order valence-electron chi connectivity index (χ0n) is 12.6. The van der Waals surface area contributed by atoms with E-state index in [-0.39, 0.29) is 18.4 Å². The van der Waals surface area contributed by atoms with Crippen molar-refractivity contribution in [1.29, 1.82) is 0 Å². The van der Waals surface area contributed by atoms with Crippen LogP contribution in [0.25, 0.3) is 0 Å². The molecule has 0 bridgehead atoms. The maximum absolute atomic E-state index is 12.0. The Balaban J connectivity index is 1.57. The number of likely N-dealkylation sites (tertiary alicyclic amines) is 1. The Morgan fingerprint density at radius 1 is 1.45 bits per heavy atom. The van der Waals surface area contributed by atoms with Crippen LogP contribution in [-0.2, 0) is 11.2 Å². The topological polar surface area (TPSA) is 84.4 Å². The highest BCUT2D eigenvalue weighted by atomic mass is 16.5. The number of hydrogen-bond donors (Lipinski definition) is 1. The van der Waals surface area contributed by atoms with Crippen LogP contribution in [0.1, 0.15) is 36.4 Å². The van der Waals surface area contributed by atoms with Gasteiger partial charge < -0.3 is 14.3 Å². The van der Waals surface area contributed by atoms with Crippen molar-refractivity contribution >= 4 is 5.91 Å². The maximum Gasteiger partial charge on any atom is 0.227 e. The first-order valence-electron chi connectivity index (χ1n) is 7.56. The molecule has 1 aliphatic rings. The van der Waals surface area contributed by atoms with Gasteiger partial charge >= 0.3 is 0 Å². The van der Waals surface area contributed by atoms with Crippen LogP contribution in [0.15, 0.2) is 27.3 Å². The van der Waals surface area contributed by atoms with E-state index < -0.39 is 0 Å². The molecular formula is C15H20N4O3. The number of hydrogen-bond acceptors (Lipinski definition) is 6. The molecule has 1 unspecified atom stereocenters. The van der Waals surface area contributed by atoms with Gasteiger partial charge in [-0.25, -0.2) is 0 Å². The van der Waals surface area contributed by atoms with Crippen LogP contribution in [0.3, 0.4) is 0 Å². The van der Waals surface area contributed by atoms with Gasteiger partial charge in [-0.1, -0.05) is 5.16 Å². The molecule has 0 saturated carbocycles. The van der Waals surface area contributed by atoms with Crippen LogP contribution >= 0.6 is 0 Å². The molecule has 0 aromatic carbocycles. The second-order valence-corrected chi connectivity index (χ2v) is 5.48. The molecule has 118 valence electrons. The van der Waals surface area contributed by atoms with Gasteiger partial charge in [0.25, 0.3) is 0 Å². The van der Waals surface area contributed by atoms with E-state index in [1.54, 1.807) is 13.2 Å². The summed E-state index contributed by atoms with van der Waals surface area (Å²) in [6, 6.07) is 3.91. The van der Waals surface area contributed by atoms with Crippen LogP contribution in [0.2, 0.25) is 0 Å². The smallest absolute Gasteiger partial charge is 0.227 e. The number of furan rings is 1. The molecule has 22 heavy (non-hydrogen) atoms. The number of amides is 1. The SMILES string of the molecule is Cc1nc(CC(=O)NCC(c2ccco2)N2CCCC2)no1. The number of aromatic nitrogens is 2. The number of rotatable bonds is 6. The molecule has 2 aromatic heterocycles. The number of nitrogens with zero attached hydrogens (tertiary/aromatic N) is 3. The lowest BCUT2D eigenvalue weighted by atomic mass is 10.2. The van der Waals surface area contributed by atoms with Gasteiger partial charge in [0, 0.05) is 13.5 Å². The summed E-state index contributed by atoms with van der Waals surface area (Å²) in [5, 5.41) is 6.68. The largest absolute Gasteiger partial charge is 0.468 e. The molecule has 0 aliphatic carbocycles. The first-order chi connectivity index (χ1) is 10.7. The van der Waals surface area contributed by atoms with Gasteiger partial charge in [-0.2, -0.15) is 4.98 Å². The molecule has 1 aliphatic heterocycles. The van der Waals surface area contributed by atoms with Crippen molar-refractivity contribution in [3.8, 4) is 0 Å². The van der Waals surface area contributed by atoms with Crippen LogP contribution in [0.4, 0.5) is 0 Å². The normalized spacial score (nSPS) is 16.8. The minimum absolute atomic E-state index is 0.0773. The molecule has 1 N–H and O–H groups in total. The predicted octanol–water partition coefficient (Wildman–Crippen LogP) is 1.47. The van der Waals surface area contributed by atoms with Gasteiger partial charge in [0.15, 0.2) is 5.82 Å². The summed E-state index contributed by atoms with van der Waals surface area (Å²) >= 11 is 0. The Hall–Kier alpha value is -2.15. The third kappa shape index (κ3) is 3.54. The van der Waals surface area contributed by atoms with Gasteiger partial charge in [-0.3, -0.25) is 9.69 Å². The number of carbonyl (C=O) groups is 1. The summed E-state index contributed by atoms with van der Waals surface area (Å²) in [4.78, 5) is 18.4. The fraction of sp³-hybridized carbons (Fsp3) is 0.533. The van der Waals surface area contributed by atoms with Crippen LogP contribution in [0, 0.1) is 6.92 Å². The Morgan fingerprint density at radius 3 is 2.91 bits per heavy atom. The lowest BCUT2D eigenvalue weighted by molar-refractivity contribution is -0.120. The van der Waals surface area contributed by atoms with Crippen LogP contribution in [-0.4, -0.2) is 40.6 Å². The Kier molecular flexibility index (Phi) is 4.53. The number of aryl methyl sites for hydroxylation is 1. The van der Waals surface area contributed by atoms with Gasteiger partial charge in [0.2, 0.25) is 11.8 Å². The molecular weight excluding hydrogens is 284 g/mol. The Morgan fingerprint density at radius 2 is 2.27 bits per heavy atom. The molecule has 1 saturated heterocycles. The van der Waals surface area contributed by atoms with E-state index in [0.29, 0.717) is 18.3 Å². The van der Waals surface area contributed by atoms with E-state index >= 15 is 0 Å². The number of nitrogens with one attached hydrogen (secondary N) is 1. The van der Waals surface area contributed by atoms with E-state index in [4.69, 9.17) is 8.94 Å². The first kappa shape index (κ1) is 14.8. The van der Waals surface area contributed by atoms with E-state index in [1.807, 2.05) is 12.1 Å². The summed E-state index contributed by atoms with van der Waals surface area (Å²) < 4.78 is 10.4.